The molecule has 0 unspecified atom stereocenters. The molecular formula is C11H10ClFN2. The van der Waals surface area contributed by atoms with E-state index in [1.165, 1.54) is 6.07 Å². The highest BCUT2D eigenvalue weighted by Crippen LogP contribution is 2.27. The van der Waals surface area contributed by atoms with Crippen molar-refractivity contribution in [1.29, 1.82) is 0 Å². The molecule has 2 aromatic rings. The van der Waals surface area contributed by atoms with E-state index in [0.717, 1.165) is 5.69 Å². The lowest BCUT2D eigenvalue weighted by Crippen LogP contribution is -1.96. The number of nitrogens with zero attached hydrogens (tertiary/aromatic N) is 1. The third-order valence-corrected chi connectivity index (χ3v) is 2.61. The van der Waals surface area contributed by atoms with Crippen LogP contribution in [0.4, 0.5) is 10.1 Å². The van der Waals surface area contributed by atoms with E-state index >= 15 is 0 Å². The van der Waals surface area contributed by atoms with Crippen molar-refractivity contribution in [3.8, 4) is 0 Å². The number of pyridine rings is 1. The molecule has 1 aromatic carbocycles. The number of hydrogen-bond acceptors (Lipinski definition) is 2. The summed E-state index contributed by atoms with van der Waals surface area (Å²) >= 11 is 5.68. The molecular weight excluding hydrogens is 215 g/mol. The van der Waals surface area contributed by atoms with E-state index < -0.39 is 5.82 Å². The second kappa shape index (κ2) is 3.66. The predicted molar refractivity (Wildman–Crippen MR) is 60.5 cm³/mol. The smallest absolute Gasteiger partial charge is 0.168 e. The Morgan fingerprint density at radius 2 is 2.20 bits per heavy atom. The topological polar surface area (TPSA) is 38.9 Å². The van der Waals surface area contributed by atoms with Crippen LogP contribution in [0.25, 0.3) is 10.9 Å². The number of anilines is 1. The van der Waals surface area contributed by atoms with Crippen molar-refractivity contribution in [2.75, 3.05) is 5.73 Å². The summed E-state index contributed by atoms with van der Waals surface area (Å²) in [6, 6.07) is 4.93. The van der Waals surface area contributed by atoms with Gasteiger partial charge in [-0.3, -0.25) is 0 Å². The van der Waals surface area contributed by atoms with Crippen molar-refractivity contribution < 1.29 is 4.39 Å². The molecule has 2 nitrogen and oxygen atoms in total. The van der Waals surface area contributed by atoms with Crippen LogP contribution in [0.3, 0.4) is 0 Å². The summed E-state index contributed by atoms with van der Waals surface area (Å²) in [7, 11) is 0. The maximum Gasteiger partial charge on any atom is 0.168 e. The van der Waals surface area contributed by atoms with Gasteiger partial charge in [-0.2, -0.15) is 0 Å². The minimum atomic E-state index is -0.504. The molecule has 0 aliphatic heterocycles. The summed E-state index contributed by atoms with van der Waals surface area (Å²) in [6.45, 7) is 1.94. The van der Waals surface area contributed by atoms with Crippen molar-refractivity contribution in [2.45, 2.75) is 13.3 Å². The molecule has 78 valence electrons. The molecule has 0 spiro atoms. The first kappa shape index (κ1) is 10.2. The van der Waals surface area contributed by atoms with Gasteiger partial charge >= 0.3 is 0 Å². The van der Waals surface area contributed by atoms with Crippen LogP contribution in [0.15, 0.2) is 18.2 Å². The highest BCUT2D eigenvalue weighted by atomic mass is 35.5. The van der Waals surface area contributed by atoms with Crippen LogP contribution in [0.5, 0.6) is 0 Å². The van der Waals surface area contributed by atoms with Crippen molar-refractivity contribution in [2.24, 2.45) is 0 Å². The van der Waals surface area contributed by atoms with Gasteiger partial charge in [-0.15, -0.1) is 0 Å². The van der Waals surface area contributed by atoms with Gasteiger partial charge in [-0.05, 0) is 24.6 Å². The Hall–Kier alpha value is -1.35. The Kier molecular flexibility index (Phi) is 2.49. The van der Waals surface area contributed by atoms with Gasteiger partial charge in [-0.1, -0.05) is 18.5 Å². The van der Waals surface area contributed by atoms with Gasteiger partial charge in [0.25, 0.3) is 0 Å². The highest BCUT2D eigenvalue weighted by molar-refractivity contribution is 6.31. The van der Waals surface area contributed by atoms with E-state index in [-0.39, 0.29) is 10.5 Å². The van der Waals surface area contributed by atoms with Crippen molar-refractivity contribution in [1.82, 2.24) is 4.98 Å². The minimum Gasteiger partial charge on any atom is -0.398 e. The molecule has 2 rings (SSSR count). The van der Waals surface area contributed by atoms with Gasteiger partial charge in [-0.25, -0.2) is 9.37 Å². The standard InChI is InChI=1S/C11H10ClFN2/c1-2-6-5-9(14)7-3-4-8(12)10(13)11(7)15-6/h3-5H,2H2,1H3,(H2,14,15). The van der Waals surface area contributed by atoms with Gasteiger partial charge < -0.3 is 5.73 Å². The number of hydrogen-bond donors (Lipinski definition) is 1. The molecule has 0 atom stereocenters. The van der Waals surface area contributed by atoms with E-state index in [4.69, 9.17) is 17.3 Å². The van der Waals surface area contributed by atoms with Crippen LogP contribution in [-0.4, -0.2) is 4.98 Å². The van der Waals surface area contributed by atoms with Gasteiger partial charge in [0.05, 0.1) is 5.02 Å². The van der Waals surface area contributed by atoms with E-state index in [2.05, 4.69) is 4.98 Å². The van der Waals surface area contributed by atoms with Crippen molar-refractivity contribution >= 4 is 28.2 Å². The van der Waals surface area contributed by atoms with Crippen LogP contribution in [0.2, 0.25) is 5.02 Å². The molecule has 0 amide bonds. The summed E-state index contributed by atoms with van der Waals surface area (Å²) in [6.07, 6.45) is 0.714. The molecule has 1 aromatic heterocycles. The Bertz CT molecular complexity index is 525. The number of nitrogens with two attached hydrogens (primary N) is 1. The maximum absolute atomic E-state index is 13.6. The quantitative estimate of drug-likeness (QED) is 0.808. The zero-order valence-corrected chi connectivity index (χ0v) is 8.98. The normalized spacial score (nSPS) is 10.9. The molecule has 0 saturated heterocycles. The van der Waals surface area contributed by atoms with Crippen LogP contribution in [0, 0.1) is 5.82 Å². The van der Waals surface area contributed by atoms with E-state index in [0.29, 0.717) is 17.5 Å². The fourth-order valence-corrected chi connectivity index (χ4v) is 1.65. The summed E-state index contributed by atoms with van der Waals surface area (Å²) in [4.78, 5) is 4.18. The largest absolute Gasteiger partial charge is 0.398 e. The monoisotopic (exact) mass is 224 g/mol. The number of nitrogen functional groups attached to an aromatic ring is 1. The van der Waals surface area contributed by atoms with Gasteiger partial charge in [0.15, 0.2) is 5.82 Å². The maximum atomic E-state index is 13.6. The average Bonchev–Trinajstić information content (AvgIpc) is 2.23. The van der Waals surface area contributed by atoms with Gasteiger partial charge in [0.2, 0.25) is 0 Å². The van der Waals surface area contributed by atoms with Crippen molar-refractivity contribution in [3.05, 3.63) is 34.7 Å². The fourth-order valence-electron chi connectivity index (χ4n) is 1.50. The van der Waals surface area contributed by atoms with E-state index in [1.807, 2.05) is 6.92 Å². The number of benzene rings is 1. The zero-order valence-electron chi connectivity index (χ0n) is 8.22. The van der Waals surface area contributed by atoms with E-state index in [9.17, 15) is 4.39 Å². The minimum absolute atomic E-state index is 0.0719. The average molecular weight is 225 g/mol. The first-order chi connectivity index (χ1) is 7.13. The van der Waals surface area contributed by atoms with Crippen molar-refractivity contribution in [3.63, 3.8) is 0 Å². The highest BCUT2D eigenvalue weighted by Gasteiger charge is 2.10. The second-order valence-electron chi connectivity index (χ2n) is 3.31. The Labute approximate surface area is 91.9 Å². The molecule has 2 N–H and O–H groups in total. The molecule has 1 heterocycles. The Balaban J connectivity index is 2.86. The molecule has 0 saturated carbocycles. The summed E-state index contributed by atoms with van der Waals surface area (Å²) in [5.74, 6) is -0.504. The Morgan fingerprint density at radius 3 is 2.87 bits per heavy atom. The summed E-state index contributed by atoms with van der Waals surface area (Å²) in [5, 5.41) is 0.678. The third kappa shape index (κ3) is 1.63. The lowest BCUT2D eigenvalue weighted by Gasteiger charge is -2.06. The van der Waals surface area contributed by atoms with Crippen LogP contribution >= 0.6 is 11.6 Å². The SMILES string of the molecule is CCc1cc(N)c2ccc(Cl)c(F)c2n1. The first-order valence-electron chi connectivity index (χ1n) is 4.66. The molecule has 0 bridgehead atoms. The Morgan fingerprint density at radius 1 is 1.47 bits per heavy atom. The third-order valence-electron chi connectivity index (χ3n) is 2.32. The number of halogens is 2. The number of aromatic nitrogens is 1. The van der Waals surface area contributed by atoms with E-state index in [1.54, 1.807) is 12.1 Å². The van der Waals surface area contributed by atoms with Crippen LogP contribution in [-0.2, 0) is 6.42 Å². The summed E-state index contributed by atoms with van der Waals surface area (Å²) < 4.78 is 13.6. The van der Waals surface area contributed by atoms with Crippen LogP contribution < -0.4 is 5.73 Å². The predicted octanol–water partition coefficient (Wildman–Crippen LogP) is 3.17. The van der Waals surface area contributed by atoms with Crippen LogP contribution in [0.1, 0.15) is 12.6 Å². The zero-order chi connectivity index (χ0) is 11.0. The fraction of sp³-hybridized carbons (Fsp3) is 0.182. The lowest BCUT2D eigenvalue weighted by molar-refractivity contribution is 0.636. The van der Waals surface area contributed by atoms with Gasteiger partial charge in [0, 0.05) is 16.8 Å². The molecule has 0 aliphatic carbocycles. The molecule has 4 heteroatoms. The number of aryl methyl sites for hydroxylation is 1. The second-order valence-corrected chi connectivity index (χ2v) is 3.72. The lowest BCUT2D eigenvalue weighted by atomic mass is 10.1. The number of rotatable bonds is 1. The molecule has 0 aliphatic rings. The van der Waals surface area contributed by atoms with Gasteiger partial charge in [0.1, 0.15) is 5.52 Å². The summed E-state index contributed by atoms with van der Waals surface area (Å²) in [5.41, 5.74) is 7.35. The number of fused-ring (bicyclic) bond motifs is 1. The molecule has 0 radical (unpaired) electrons. The first-order valence-corrected chi connectivity index (χ1v) is 5.04. The molecule has 0 fully saturated rings. The molecule has 15 heavy (non-hydrogen) atoms.